The van der Waals surface area contributed by atoms with Gasteiger partial charge in [-0.3, -0.25) is 19.4 Å². The average molecular weight is 598 g/mol. The van der Waals surface area contributed by atoms with Crippen LogP contribution in [0.15, 0.2) is 89.7 Å². The number of aromatic amines is 1. The van der Waals surface area contributed by atoms with Gasteiger partial charge in [0.15, 0.2) is 5.78 Å². The minimum Gasteiger partial charge on any atom is -0.396 e. The van der Waals surface area contributed by atoms with E-state index in [9.17, 15) is 18.8 Å². The molecule has 9 heteroatoms. The number of carbonyl (C=O) groups excluding carboxylic acids is 3. The number of aliphatic imine (C=N–C) groups is 1. The van der Waals surface area contributed by atoms with Crippen molar-refractivity contribution in [2.24, 2.45) is 16.6 Å². The zero-order chi connectivity index (χ0) is 31.6. The van der Waals surface area contributed by atoms with Crippen LogP contribution in [0, 0.1) is 11.7 Å². The van der Waals surface area contributed by atoms with Gasteiger partial charge in [-0.1, -0.05) is 50.8 Å². The number of aromatic nitrogens is 1. The lowest BCUT2D eigenvalue weighted by Gasteiger charge is -2.34. The molecule has 1 fully saturated rings. The molecule has 230 valence electrons. The van der Waals surface area contributed by atoms with Gasteiger partial charge in [0.2, 0.25) is 5.91 Å². The van der Waals surface area contributed by atoms with E-state index in [-0.39, 0.29) is 55.3 Å². The summed E-state index contributed by atoms with van der Waals surface area (Å²) in [4.78, 5) is 47.9. The van der Waals surface area contributed by atoms with Gasteiger partial charge in [0.05, 0.1) is 12.2 Å². The Labute approximate surface area is 257 Å². The number of carbonyl (C=O) groups is 3. The molecular formula is C35H40FN5O3. The minimum atomic E-state index is -0.425. The van der Waals surface area contributed by atoms with E-state index in [1.807, 2.05) is 13.0 Å². The molecule has 0 aliphatic carbocycles. The zero-order valence-corrected chi connectivity index (χ0v) is 25.4. The van der Waals surface area contributed by atoms with E-state index in [1.54, 1.807) is 29.3 Å². The molecule has 0 bridgehead atoms. The van der Waals surface area contributed by atoms with Gasteiger partial charge in [0.25, 0.3) is 5.91 Å². The second-order valence-electron chi connectivity index (χ2n) is 11.0. The third-order valence-corrected chi connectivity index (χ3v) is 7.86. The predicted octanol–water partition coefficient (Wildman–Crippen LogP) is 5.06. The maximum absolute atomic E-state index is 14.1. The molecular weight excluding hydrogens is 557 g/mol. The summed E-state index contributed by atoms with van der Waals surface area (Å²) in [6.45, 7) is 8.34. The zero-order valence-electron chi connectivity index (χ0n) is 25.4. The van der Waals surface area contributed by atoms with Crippen molar-refractivity contribution in [3.05, 3.63) is 118 Å². The van der Waals surface area contributed by atoms with Crippen LogP contribution < -0.4 is 11.1 Å². The Kier molecular flexibility index (Phi) is 11.0. The Balaban J connectivity index is 1.60. The molecule has 8 nitrogen and oxygen atoms in total. The summed E-state index contributed by atoms with van der Waals surface area (Å²) in [5.74, 6) is -1.38. The van der Waals surface area contributed by atoms with E-state index in [4.69, 9.17) is 10.7 Å². The number of amides is 2. The monoisotopic (exact) mass is 597 g/mol. The molecule has 1 aliphatic heterocycles. The highest BCUT2D eigenvalue weighted by Gasteiger charge is 2.32. The predicted molar refractivity (Wildman–Crippen MR) is 170 cm³/mol. The quantitative estimate of drug-likeness (QED) is 0.253. The molecule has 4 N–H and O–H groups in total. The summed E-state index contributed by atoms with van der Waals surface area (Å²) in [6.07, 6.45) is 5.46. The number of nitrogens with one attached hydrogen (secondary N) is 2. The Morgan fingerprint density at radius 2 is 1.93 bits per heavy atom. The minimum absolute atomic E-state index is 0.111. The summed E-state index contributed by atoms with van der Waals surface area (Å²) in [5.41, 5.74) is 12.0. The number of piperidine rings is 1. The molecule has 0 saturated carbocycles. The summed E-state index contributed by atoms with van der Waals surface area (Å²) in [6, 6.07) is 16.2. The lowest BCUT2D eigenvalue weighted by Crippen LogP contribution is -2.46. The van der Waals surface area contributed by atoms with Gasteiger partial charge in [0.1, 0.15) is 11.5 Å². The fraction of sp³-hybridized carbons (Fsp3) is 0.314. The van der Waals surface area contributed by atoms with Crippen molar-refractivity contribution in [2.75, 3.05) is 13.1 Å². The lowest BCUT2D eigenvalue weighted by molar-refractivity contribution is -0.117. The summed E-state index contributed by atoms with van der Waals surface area (Å²) in [7, 11) is 0. The number of allylic oxidation sites excluding steroid dienone is 1. The first-order valence-electron chi connectivity index (χ1n) is 14.9. The van der Waals surface area contributed by atoms with Gasteiger partial charge in [0, 0.05) is 49.5 Å². The van der Waals surface area contributed by atoms with Crippen molar-refractivity contribution in [1.82, 2.24) is 15.2 Å². The van der Waals surface area contributed by atoms with Gasteiger partial charge in [-0.15, -0.1) is 0 Å². The van der Waals surface area contributed by atoms with Gasteiger partial charge in [-0.05, 0) is 71.9 Å². The topological polar surface area (TPSA) is 121 Å². The Morgan fingerprint density at radius 1 is 1.14 bits per heavy atom. The molecule has 1 aliphatic rings. The Morgan fingerprint density at radius 3 is 2.66 bits per heavy atom. The SMILES string of the molecule is C=CC(=O)NCc1cc(F)ccc1CN=C1C(=C(N)C(=O)CCCc2cccc(CC)c2)CN(C(=O)c2ccc[nH]2)C[C@H]1C. The van der Waals surface area contributed by atoms with Crippen molar-refractivity contribution in [3.8, 4) is 0 Å². The number of ketones is 1. The van der Waals surface area contributed by atoms with Crippen LogP contribution in [0.25, 0.3) is 0 Å². The first kappa shape index (κ1) is 32.1. The number of Topliss-reactive ketones (excluding diaryl/α,β-unsaturated/α-hetero) is 1. The molecule has 44 heavy (non-hydrogen) atoms. The van der Waals surface area contributed by atoms with Crippen LogP contribution in [0.1, 0.15) is 59.4 Å². The summed E-state index contributed by atoms with van der Waals surface area (Å²) in [5, 5.41) is 2.68. The summed E-state index contributed by atoms with van der Waals surface area (Å²) >= 11 is 0. The number of hydrogen-bond donors (Lipinski definition) is 3. The number of H-pyrrole nitrogens is 1. The fourth-order valence-electron chi connectivity index (χ4n) is 5.41. The Bertz CT molecular complexity index is 1570. The number of aryl methyl sites for hydroxylation is 2. The molecule has 1 saturated heterocycles. The third-order valence-electron chi connectivity index (χ3n) is 7.86. The van der Waals surface area contributed by atoms with Gasteiger partial charge >= 0.3 is 0 Å². The molecule has 2 amide bonds. The molecule has 0 spiro atoms. The van der Waals surface area contributed by atoms with E-state index in [0.29, 0.717) is 35.5 Å². The normalized spacial score (nSPS) is 16.9. The fourth-order valence-corrected chi connectivity index (χ4v) is 5.41. The van der Waals surface area contributed by atoms with Crippen LogP contribution in [-0.2, 0) is 35.5 Å². The molecule has 2 heterocycles. The van der Waals surface area contributed by atoms with Crippen molar-refractivity contribution < 1.29 is 18.8 Å². The van der Waals surface area contributed by atoms with Crippen molar-refractivity contribution in [3.63, 3.8) is 0 Å². The van der Waals surface area contributed by atoms with Crippen LogP contribution in [-0.4, -0.2) is 46.3 Å². The van der Waals surface area contributed by atoms with Crippen LogP contribution in [0.2, 0.25) is 0 Å². The highest BCUT2D eigenvalue weighted by Crippen LogP contribution is 2.25. The molecule has 3 aromatic rings. The van der Waals surface area contributed by atoms with E-state index in [1.165, 1.54) is 23.3 Å². The Hall–Kier alpha value is -4.79. The molecule has 4 rings (SSSR count). The number of benzene rings is 2. The maximum atomic E-state index is 14.1. The maximum Gasteiger partial charge on any atom is 0.270 e. The van der Waals surface area contributed by atoms with Crippen LogP contribution in [0.3, 0.4) is 0 Å². The standard InChI is InChI=1S/C35H40FN5O3/c1-4-24-9-6-10-25(17-24)11-7-13-31(42)33(37)29-22-41(35(44)30-12-8-16-38-30)21-23(3)34(29)40-19-26-14-15-28(36)18-27(26)20-39-32(43)5-2/h5-6,8-10,12,14-18,23,38H,2,4,7,11,13,19-22,37H2,1,3H3,(H,39,43)/t23-/m1/s1. The number of likely N-dealkylation sites (tertiary alicyclic amines) is 1. The van der Waals surface area contributed by atoms with Crippen LogP contribution >= 0.6 is 0 Å². The van der Waals surface area contributed by atoms with Crippen LogP contribution in [0.4, 0.5) is 4.39 Å². The molecule has 1 aromatic heterocycles. The second kappa shape index (κ2) is 15.1. The van der Waals surface area contributed by atoms with E-state index < -0.39 is 5.82 Å². The van der Waals surface area contributed by atoms with E-state index in [2.05, 4.69) is 42.0 Å². The number of rotatable bonds is 12. The van der Waals surface area contributed by atoms with E-state index >= 15 is 0 Å². The van der Waals surface area contributed by atoms with Crippen molar-refractivity contribution >= 4 is 23.3 Å². The van der Waals surface area contributed by atoms with Gasteiger partial charge in [-0.2, -0.15) is 0 Å². The smallest absolute Gasteiger partial charge is 0.270 e. The number of nitrogens with zero attached hydrogens (tertiary/aromatic N) is 2. The number of hydrogen-bond acceptors (Lipinski definition) is 5. The third kappa shape index (κ3) is 8.18. The van der Waals surface area contributed by atoms with E-state index in [0.717, 1.165) is 24.5 Å². The lowest BCUT2D eigenvalue weighted by atomic mass is 9.89. The highest BCUT2D eigenvalue weighted by molar-refractivity contribution is 6.11. The molecule has 0 unspecified atom stereocenters. The van der Waals surface area contributed by atoms with Gasteiger partial charge < -0.3 is 20.9 Å². The first-order valence-corrected chi connectivity index (χ1v) is 14.9. The largest absolute Gasteiger partial charge is 0.396 e. The number of halogens is 1. The average Bonchev–Trinajstić information content (AvgIpc) is 3.58. The second-order valence-corrected chi connectivity index (χ2v) is 11.0. The molecule has 1 atom stereocenters. The molecule has 2 aromatic carbocycles. The van der Waals surface area contributed by atoms with Crippen molar-refractivity contribution in [2.45, 2.75) is 52.6 Å². The molecule has 0 radical (unpaired) electrons. The summed E-state index contributed by atoms with van der Waals surface area (Å²) < 4.78 is 14.1. The number of nitrogens with two attached hydrogens (primary N) is 1. The van der Waals surface area contributed by atoms with Crippen molar-refractivity contribution in [1.29, 1.82) is 0 Å². The van der Waals surface area contributed by atoms with Gasteiger partial charge in [-0.25, -0.2) is 4.39 Å². The highest BCUT2D eigenvalue weighted by atomic mass is 19.1. The van der Waals surface area contributed by atoms with Crippen LogP contribution in [0.5, 0.6) is 0 Å². The first-order chi connectivity index (χ1) is 21.2.